The van der Waals surface area contributed by atoms with Gasteiger partial charge in [0.25, 0.3) is 0 Å². The molecule has 0 fully saturated rings. The van der Waals surface area contributed by atoms with Gasteiger partial charge >= 0.3 is 0 Å². The van der Waals surface area contributed by atoms with Gasteiger partial charge in [0.2, 0.25) is 10.0 Å². The van der Waals surface area contributed by atoms with Gasteiger partial charge < -0.3 is 0 Å². The molecule has 0 saturated heterocycles. The number of pyridine rings is 1. The first-order valence-electron chi connectivity index (χ1n) is 6.50. The van der Waals surface area contributed by atoms with Crippen LogP contribution in [0, 0.1) is 0 Å². The van der Waals surface area contributed by atoms with Crippen LogP contribution in [0.25, 0.3) is 0 Å². The molecule has 1 aromatic heterocycles. The number of benzene rings is 1. The van der Waals surface area contributed by atoms with Gasteiger partial charge in [-0.3, -0.25) is 4.98 Å². The Morgan fingerprint density at radius 1 is 1.14 bits per heavy atom. The third-order valence-corrected chi connectivity index (χ3v) is 6.30. The predicted molar refractivity (Wildman–Crippen MR) is 85.8 cm³/mol. The Bertz CT molecular complexity index is 703. The van der Waals surface area contributed by atoms with Crippen molar-refractivity contribution in [1.82, 2.24) is 9.29 Å². The van der Waals surface area contributed by atoms with Crippen LogP contribution in [0.2, 0.25) is 0 Å². The van der Waals surface area contributed by atoms with E-state index in [1.165, 1.54) is 16.1 Å². The maximum Gasteiger partial charge on any atom is 0.244 e. The highest BCUT2D eigenvalue weighted by Gasteiger charge is 2.28. The minimum Gasteiger partial charge on any atom is -0.260 e. The Kier molecular flexibility index (Phi) is 5.03. The summed E-state index contributed by atoms with van der Waals surface area (Å²) >= 11 is 1.43. The van der Waals surface area contributed by atoms with Crippen LogP contribution in [-0.4, -0.2) is 31.0 Å². The minimum atomic E-state index is -3.56. The summed E-state index contributed by atoms with van der Waals surface area (Å²) in [4.78, 5) is 5.32. The van der Waals surface area contributed by atoms with E-state index in [0.29, 0.717) is 4.90 Å². The van der Waals surface area contributed by atoms with Gasteiger partial charge in [0, 0.05) is 18.1 Å². The molecule has 2 rings (SSSR count). The van der Waals surface area contributed by atoms with Crippen LogP contribution in [0.4, 0.5) is 0 Å². The summed E-state index contributed by atoms with van der Waals surface area (Å²) in [7, 11) is -1.97. The van der Waals surface area contributed by atoms with E-state index in [0.717, 1.165) is 10.6 Å². The zero-order valence-electron chi connectivity index (χ0n) is 12.2. The number of sulfonamides is 1. The molecular weight excluding hydrogens is 304 g/mol. The lowest BCUT2D eigenvalue weighted by Crippen LogP contribution is -2.30. The molecule has 2 aromatic rings. The number of thioether (sulfide) groups is 1. The van der Waals surface area contributed by atoms with Crippen molar-refractivity contribution in [2.75, 3.05) is 13.3 Å². The number of hydrogen-bond donors (Lipinski definition) is 0. The highest BCUT2D eigenvalue weighted by atomic mass is 32.2. The molecule has 0 aliphatic carbocycles. The van der Waals surface area contributed by atoms with Gasteiger partial charge in [-0.15, -0.1) is 11.8 Å². The topological polar surface area (TPSA) is 50.3 Å². The number of rotatable bonds is 5. The molecule has 1 atom stereocenters. The molecule has 6 heteroatoms. The van der Waals surface area contributed by atoms with E-state index in [-0.39, 0.29) is 6.04 Å². The molecule has 0 saturated carbocycles. The second kappa shape index (κ2) is 6.60. The Morgan fingerprint density at radius 2 is 1.81 bits per heavy atom. The van der Waals surface area contributed by atoms with Gasteiger partial charge in [-0.1, -0.05) is 18.2 Å². The lowest BCUT2D eigenvalue weighted by atomic mass is 10.2. The molecule has 0 unspecified atom stereocenters. The fourth-order valence-corrected chi connectivity index (χ4v) is 4.46. The Morgan fingerprint density at radius 3 is 2.43 bits per heavy atom. The standard InChI is InChI=1S/C15H18N2O2S2/c1-12(13-8-6-7-11-16-13)17(2)21(18,19)15-10-5-4-9-14(15)20-3/h4-12H,1-3H3/t12-/m1/s1. The number of hydrogen-bond acceptors (Lipinski definition) is 4. The molecule has 0 bridgehead atoms. The largest absolute Gasteiger partial charge is 0.260 e. The second-order valence-electron chi connectivity index (χ2n) is 4.60. The van der Waals surface area contributed by atoms with E-state index >= 15 is 0 Å². The normalized spacial score (nSPS) is 13.3. The first-order valence-corrected chi connectivity index (χ1v) is 9.17. The zero-order valence-corrected chi connectivity index (χ0v) is 13.9. The third-order valence-electron chi connectivity index (χ3n) is 3.39. The molecule has 0 spiro atoms. The van der Waals surface area contributed by atoms with Crippen molar-refractivity contribution in [2.45, 2.75) is 22.8 Å². The first kappa shape index (κ1) is 16.0. The van der Waals surface area contributed by atoms with Crippen LogP contribution in [0.15, 0.2) is 58.5 Å². The molecule has 0 N–H and O–H groups in total. The summed E-state index contributed by atoms with van der Waals surface area (Å²) in [5.41, 5.74) is 0.727. The lowest BCUT2D eigenvalue weighted by molar-refractivity contribution is 0.391. The van der Waals surface area contributed by atoms with Crippen molar-refractivity contribution in [2.24, 2.45) is 0 Å². The van der Waals surface area contributed by atoms with Crippen LogP contribution < -0.4 is 0 Å². The highest BCUT2D eigenvalue weighted by Crippen LogP contribution is 2.30. The van der Waals surface area contributed by atoms with Crippen LogP contribution in [-0.2, 0) is 10.0 Å². The van der Waals surface area contributed by atoms with Gasteiger partial charge in [-0.25, -0.2) is 8.42 Å². The van der Waals surface area contributed by atoms with E-state index in [2.05, 4.69) is 4.98 Å². The van der Waals surface area contributed by atoms with Gasteiger partial charge in [0.1, 0.15) is 0 Å². The van der Waals surface area contributed by atoms with Gasteiger partial charge in [0.15, 0.2) is 0 Å². The molecule has 0 aliphatic heterocycles. The van der Waals surface area contributed by atoms with Crippen molar-refractivity contribution in [3.8, 4) is 0 Å². The van der Waals surface area contributed by atoms with Crippen molar-refractivity contribution < 1.29 is 8.42 Å². The monoisotopic (exact) mass is 322 g/mol. The van der Waals surface area contributed by atoms with Gasteiger partial charge in [0.05, 0.1) is 16.6 Å². The van der Waals surface area contributed by atoms with E-state index in [1.807, 2.05) is 43.5 Å². The SMILES string of the molecule is CSc1ccccc1S(=O)(=O)N(C)[C@H](C)c1ccccn1. The lowest BCUT2D eigenvalue weighted by Gasteiger charge is -2.24. The minimum absolute atomic E-state index is 0.328. The Hall–Kier alpha value is -1.37. The van der Waals surface area contributed by atoms with E-state index in [1.54, 1.807) is 25.4 Å². The number of nitrogens with zero attached hydrogens (tertiary/aromatic N) is 2. The molecule has 4 nitrogen and oxygen atoms in total. The van der Waals surface area contributed by atoms with Crippen LogP contribution in [0.3, 0.4) is 0 Å². The van der Waals surface area contributed by atoms with Crippen molar-refractivity contribution in [1.29, 1.82) is 0 Å². The highest BCUT2D eigenvalue weighted by molar-refractivity contribution is 7.99. The summed E-state index contributed by atoms with van der Waals surface area (Å²) in [5, 5.41) is 0. The average Bonchev–Trinajstić information content (AvgIpc) is 2.54. The summed E-state index contributed by atoms with van der Waals surface area (Å²) in [6.07, 6.45) is 3.54. The van der Waals surface area contributed by atoms with Crippen molar-refractivity contribution in [3.63, 3.8) is 0 Å². The summed E-state index contributed by atoms with van der Waals surface area (Å²) in [5.74, 6) is 0. The van der Waals surface area contributed by atoms with Crippen molar-refractivity contribution in [3.05, 3.63) is 54.4 Å². The summed E-state index contributed by atoms with van der Waals surface area (Å²) in [6.45, 7) is 1.83. The van der Waals surface area contributed by atoms with Crippen LogP contribution >= 0.6 is 11.8 Å². The quantitative estimate of drug-likeness (QED) is 0.793. The van der Waals surface area contributed by atoms with Crippen molar-refractivity contribution >= 4 is 21.8 Å². The molecule has 112 valence electrons. The zero-order chi connectivity index (χ0) is 15.5. The van der Waals surface area contributed by atoms with Gasteiger partial charge in [-0.2, -0.15) is 4.31 Å². The Balaban J connectivity index is 2.39. The average molecular weight is 322 g/mol. The number of aromatic nitrogens is 1. The Labute approximate surface area is 130 Å². The molecular formula is C15H18N2O2S2. The fourth-order valence-electron chi connectivity index (χ4n) is 2.00. The summed E-state index contributed by atoms with van der Waals surface area (Å²) in [6, 6.07) is 12.2. The first-order chi connectivity index (χ1) is 9.98. The van der Waals surface area contributed by atoms with Gasteiger partial charge in [-0.05, 0) is 37.4 Å². The van der Waals surface area contributed by atoms with E-state index in [4.69, 9.17) is 0 Å². The smallest absolute Gasteiger partial charge is 0.244 e. The summed E-state index contributed by atoms with van der Waals surface area (Å²) < 4.78 is 27.0. The molecule has 1 heterocycles. The molecule has 0 aliphatic rings. The predicted octanol–water partition coefficient (Wildman–Crippen LogP) is 3.19. The molecule has 0 amide bonds. The van der Waals surface area contributed by atoms with Crippen LogP contribution in [0.1, 0.15) is 18.7 Å². The fraction of sp³-hybridized carbons (Fsp3) is 0.267. The molecule has 21 heavy (non-hydrogen) atoms. The van der Waals surface area contributed by atoms with E-state index in [9.17, 15) is 8.42 Å². The third kappa shape index (κ3) is 3.28. The second-order valence-corrected chi connectivity index (χ2v) is 7.42. The van der Waals surface area contributed by atoms with Crippen LogP contribution in [0.5, 0.6) is 0 Å². The van der Waals surface area contributed by atoms with E-state index < -0.39 is 10.0 Å². The maximum atomic E-state index is 12.8. The molecule has 1 aromatic carbocycles. The maximum absolute atomic E-state index is 12.8. The molecule has 0 radical (unpaired) electrons.